The highest BCUT2D eigenvalue weighted by Gasteiger charge is 2.26. The van der Waals surface area contributed by atoms with Crippen molar-refractivity contribution in [2.24, 2.45) is 5.10 Å². The molecule has 0 radical (unpaired) electrons. The number of hydrazone groups is 1. The number of carbonyl (C=O) groups is 1. The quantitative estimate of drug-likeness (QED) is 0.163. The van der Waals surface area contributed by atoms with E-state index in [0.29, 0.717) is 38.6 Å². The van der Waals surface area contributed by atoms with Gasteiger partial charge >= 0.3 is 0 Å². The van der Waals surface area contributed by atoms with Gasteiger partial charge in [0.15, 0.2) is 0 Å². The number of pyridine rings is 1. The van der Waals surface area contributed by atoms with Crippen LogP contribution < -0.4 is 5.43 Å². The van der Waals surface area contributed by atoms with Crippen molar-refractivity contribution in [3.05, 3.63) is 123 Å². The Bertz CT molecular complexity index is 1850. The van der Waals surface area contributed by atoms with Crippen LogP contribution in [-0.4, -0.2) is 34.2 Å². The number of benzene rings is 2. The Balaban J connectivity index is 1.33. The van der Waals surface area contributed by atoms with E-state index in [4.69, 9.17) is 27.6 Å². The molecule has 9 nitrogen and oxygen atoms in total. The molecule has 1 N–H and O–H groups in total. The van der Waals surface area contributed by atoms with Crippen LogP contribution in [-0.2, 0) is 23.1 Å². The van der Waals surface area contributed by atoms with Crippen molar-refractivity contribution in [3.63, 3.8) is 0 Å². The molecule has 210 valence electrons. The van der Waals surface area contributed by atoms with Gasteiger partial charge in [-0.1, -0.05) is 53.0 Å². The molecule has 0 aliphatic rings. The number of fused-ring (bicyclic) bond motifs is 1. The summed E-state index contributed by atoms with van der Waals surface area (Å²) in [5, 5.41) is 4.91. The van der Waals surface area contributed by atoms with Gasteiger partial charge in [0.05, 0.1) is 28.4 Å². The Kier molecular flexibility index (Phi) is 8.27. The summed E-state index contributed by atoms with van der Waals surface area (Å²) in [7, 11) is -3.89. The van der Waals surface area contributed by atoms with Crippen LogP contribution in [0.4, 0.5) is 0 Å². The largest absolute Gasteiger partial charge is 0.459 e. The first-order valence-corrected chi connectivity index (χ1v) is 14.7. The van der Waals surface area contributed by atoms with E-state index in [2.05, 4.69) is 15.5 Å². The fourth-order valence-corrected chi connectivity index (χ4v) is 5.90. The van der Waals surface area contributed by atoms with E-state index in [9.17, 15) is 13.2 Å². The van der Waals surface area contributed by atoms with E-state index in [1.54, 1.807) is 41.8 Å². The minimum absolute atomic E-state index is 0.0270. The normalized spacial score (nSPS) is 12.0. The van der Waals surface area contributed by atoms with Gasteiger partial charge in [0.1, 0.15) is 22.9 Å². The predicted molar refractivity (Wildman–Crippen MR) is 158 cm³/mol. The summed E-state index contributed by atoms with van der Waals surface area (Å²) >= 11 is 12.1. The molecule has 3 heterocycles. The third kappa shape index (κ3) is 6.52. The topological polar surface area (TPSA) is 109 Å². The summed E-state index contributed by atoms with van der Waals surface area (Å²) in [4.78, 5) is 17.3. The predicted octanol–water partition coefficient (Wildman–Crippen LogP) is 6.01. The zero-order valence-corrected chi connectivity index (χ0v) is 24.4. The number of halogens is 2. The smallest absolute Gasteiger partial charge is 0.290 e. The highest BCUT2D eigenvalue weighted by Crippen LogP contribution is 2.24. The molecule has 0 atom stereocenters. The number of aromatic nitrogens is 2. The van der Waals surface area contributed by atoms with Crippen LogP contribution in [0.1, 0.15) is 38.8 Å². The van der Waals surface area contributed by atoms with Crippen molar-refractivity contribution in [2.75, 3.05) is 0 Å². The Morgan fingerprint density at radius 2 is 1.68 bits per heavy atom. The monoisotopic (exact) mass is 609 g/mol. The number of nitrogens with zero attached hydrogens (tertiary/aromatic N) is 4. The van der Waals surface area contributed by atoms with Gasteiger partial charge in [-0.2, -0.15) is 9.41 Å². The van der Waals surface area contributed by atoms with Crippen LogP contribution in [0, 0.1) is 13.8 Å². The molecule has 5 rings (SSSR count). The Morgan fingerprint density at radius 1 is 0.976 bits per heavy atom. The fraction of sp³-hybridized carbons (Fsp3) is 0.138. The molecule has 0 saturated carbocycles. The second-order valence-electron chi connectivity index (χ2n) is 9.34. The van der Waals surface area contributed by atoms with E-state index in [1.807, 2.05) is 31.2 Å². The SMILES string of the molecule is Cc1ccc(CN(Cc2ccc(/C=N/NC(=O)c3c(C)nc4ccc(Cl)cn34)o2)S(=O)(=O)c2ccc(Cl)cc2)cc1. The molecule has 1 amide bonds. The van der Waals surface area contributed by atoms with Crippen LogP contribution in [0.15, 0.2) is 93.4 Å². The third-order valence-electron chi connectivity index (χ3n) is 6.28. The summed E-state index contributed by atoms with van der Waals surface area (Å²) in [6.07, 6.45) is 2.94. The highest BCUT2D eigenvalue weighted by atomic mass is 35.5. The number of rotatable bonds is 9. The number of hydrogen-bond donors (Lipinski definition) is 1. The molecule has 0 spiro atoms. The lowest BCUT2D eigenvalue weighted by molar-refractivity contribution is 0.0948. The number of furan rings is 1. The lowest BCUT2D eigenvalue weighted by Crippen LogP contribution is -2.30. The van der Waals surface area contributed by atoms with Crippen LogP contribution >= 0.6 is 23.2 Å². The van der Waals surface area contributed by atoms with Gasteiger partial charge in [0.25, 0.3) is 5.91 Å². The maximum atomic E-state index is 13.6. The average molecular weight is 611 g/mol. The molecule has 0 fully saturated rings. The molecule has 0 unspecified atom stereocenters. The number of amides is 1. The van der Waals surface area contributed by atoms with Crippen molar-refractivity contribution in [2.45, 2.75) is 31.8 Å². The lowest BCUT2D eigenvalue weighted by Gasteiger charge is -2.21. The minimum atomic E-state index is -3.89. The van der Waals surface area contributed by atoms with Crippen LogP contribution in [0.2, 0.25) is 10.0 Å². The lowest BCUT2D eigenvalue weighted by atomic mass is 10.1. The van der Waals surface area contributed by atoms with E-state index in [0.717, 1.165) is 11.1 Å². The van der Waals surface area contributed by atoms with Gasteiger partial charge in [-0.25, -0.2) is 18.8 Å². The molecule has 3 aromatic heterocycles. The van der Waals surface area contributed by atoms with Gasteiger partial charge in [0, 0.05) is 17.8 Å². The fourth-order valence-electron chi connectivity index (χ4n) is 4.22. The number of aryl methyl sites for hydroxylation is 2. The number of imidazole rings is 1. The zero-order chi connectivity index (χ0) is 29.1. The molecule has 0 saturated heterocycles. The van der Waals surface area contributed by atoms with Gasteiger partial charge in [-0.3, -0.25) is 9.20 Å². The van der Waals surface area contributed by atoms with E-state index < -0.39 is 15.9 Å². The molecule has 5 aromatic rings. The first-order valence-electron chi connectivity index (χ1n) is 12.5. The first-order chi connectivity index (χ1) is 19.6. The van der Waals surface area contributed by atoms with Crippen molar-refractivity contribution >= 4 is 51.0 Å². The van der Waals surface area contributed by atoms with Gasteiger partial charge in [-0.15, -0.1) is 0 Å². The number of sulfonamides is 1. The van der Waals surface area contributed by atoms with E-state index in [1.165, 1.54) is 34.8 Å². The summed E-state index contributed by atoms with van der Waals surface area (Å²) in [6.45, 7) is 3.79. The van der Waals surface area contributed by atoms with Gasteiger partial charge in [-0.05, 0) is 67.9 Å². The van der Waals surface area contributed by atoms with Gasteiger partial charge < -0.3 is 4.42 Å². The zero-order valence-electron chi connectivity index (χ0n) is 22.1. The Hall–Kier alpha value is -3.96. The second kappa shape index (κ2) is 11.9. The van der Waals surface area contributed by atoms with E-state index in [-0.39, 0.29) is 18.0 Å². The minimum Gasteiger partial charge on any atom is -0.459 e. The number of carbonyl (C=O) groups excluding carboxylic acids is 1. The second-order valence-corrected chi connectivity index (χ2v) is 12.1. The molecular weight excluding hydrogens is 585 g/mol. The van der Waals surface area contributed by atoms with Crippen molar-refractivity contribution < 1.29 is 17.6 Å². The maximum absolute atomic E-state index is 13.6. The maximum Gasteiger partial charge on any atom is 0.290 e. The van der Waals surface area contributed by atoms with Crippen LogP contribution in [0.3, 0.4) is 0 Å². The Labute approximate surface area is 247 Å². The molecule has 0 aliphatic carbocycles. The third-order valence-corrected chi connectivity index (χ3v) is 8.56. The molecule has 0 aliphatic heterocycles. The van der Waals surface area contributed by atoms with Crippen LogP contribution in [0.25, 0.3) is 5.65 Å². The average Bonchev–Trinajstić information content (AvgIpc) is 3.52. The number of hydrogen-bond acceptors (Lipinski definition) is 6. The summed E-state index contributed by atoms with van der Waals surface area (Å²) < 4.78 is 35.9. The first kappa shape index (κ1) is 28.6. The standard InChI is InChI=1S/C29H25Cl2N5O4S/c1-19-3-5-21(6-4-19)16-35(41(38,39)26-12-7-22(30)8-13-26)18-25-11-10-24(40-25)15-32-34-29(37)28-20(2)33-27-14-9-23(31)17-36(27)28/h3-15,17H,16,18H2,1-2H3,(H,34,37)/b32-15+. The highest BCUT2D eigenvalue weighted by molar-refractivity contribution is 7.89. The Morgan fingerprint density at radius 3 is 2.41 bits per heavy atom. The summed E-state index contributed by atoms with van der Waals surface area (Å²) in [5.41, 5.74) is 5.78. The van der Waals surface area contributed by atoms with Crippen molar-refractivity contribution in [3.8, 4) is 0 Å². The molecule has 12 heteroatoms. The molecular formula is C29H25Cl2N5O4S. The van der Waals surface area contributed by atoms with E-state index >= 15 is 0 Å². The molecule has 41 heavy (non-hydrogen) atoms. The van der Waals surface area contributed by atoms with Gasteiger partial charge in [0.2, 0.25) is 10.0 Å². The van der Waals surface area contributed by atoms with Crippen molar-refractivity contribution in [1.82, 2.24) is 19.1 Å². The van der Waals surface area contributed by atoms with Crippen molar-refractivity contribution in [1.29, 1.82) is 0 Å². The summed E-state index contributed by atoms with van der Waals surface area (Å²) in [6, 6.07) is 20.4. The summed E-state index contributed by atoms with van der Waals surface area (Å²) in [5.74, 6) is 0.255. The van der Waals surface area contributed by atoms with Crippen LogP contribution in [0.5, 0.6) is 0 Å². The molecule has 2 aromatic carbocycles. The molecule has 0 bridgehead atoms. The number of nitrogens with one attached hydrogen (secondary N) is 1.